The van der Waals surface area contributed by atoms with Gasteiger partial charge in [0.2, 0.25) is 6.29 Å². The van der Waals surface area contributed by atoms with Gasteiger partial charge < -0.3 is 33.7 Å². The maximum Gasteiger partial charge on any atom is 0.329 e. The third kappa shape index (κ3) is 8.58. The molecule has 2 N–H and O–H groups in total. The Bertz CT molecular complexity index is 1150. The van der Waals surface area contributed by atoms with Crippen LogP contribution in [-0.2, 0) is 52.9 Å². The quantitative estimate of drug-likeness (QED) is 0.297. The van der Waals surface area contributed by atoms with Crippen molar-refractivity contribution in [3.63, 3.8) is 0 Å². The Labute approximate surface area is 218 Å². The number of benzene rings is 1. The van der Waals surface area contributed by atoms with Crippen molar-refractivity contribution in [3.05, 3.63) is 24.3 Å². The van der Waals surface area contributed by atoms with E-state index in [0.717, 1.165) is 27.7 Å². The average molecular weight is 561 g/mol. The highest BCUT2D eigenvalue weighted by molar-refractivity contribution is 7.90. The first-order valence-corrected chi connectivity index (χ1v) is 12.5. The minimum Gasteiger partial charge on any atom is -0.497 e. The maximum atomic E-state index is 12.8. The Morgan fingerprint density at radius 1 is 0.842 bits per heavy atom. The standard InChI is InChI=1S/C22H28N2O13S/c1-11(25)33-10-17-19(34-12(2)26)20(35-13(3)27)18(21(37-17)36-14(4)28)23-22(29)24-38(30,31)16-8-6-15(32-5)7-9-16/h6-9,17-21H,10H2,1-5H3,(H2,23,24,29)/t17-,18-,19-,20-,21-/m1/s1. The van der Waals surface area contributed by atoms with Crippen LogP contribution in [0.15, 0.2) is 29.2 Å². The van der Waals surface area contributed by atoms with Crippen LogP contribution in [0.5, 0.6) is 5.75 Å². The molecule has 2 amide bonds. The van der Waals surface area contributed by atoms with Gasteiger partial charge >= 0.3 is 29.9 Å². The van der Waals surface area contributed by atoms with E-state index in [1.807, 2.05) is 0 Å². The minimum absolute atomic E-state index is 0.277. The highest BCUT2D eigenvalue weighted by Gasteiger charge is 2.52. The number of carbonyl (C=O) groups is 5. The van der Waals surface area contributed by atoms with Crippen LogP contribution in [0, 0.1) is 0 Å². The van der Waals surface area contributed by atoms with Crippen molar-refractivity contribution in [2.45, 2.75) is 63.2 Å². The molecule has 210 valence electrons. The zero-order valence-corrected chi connectivity index (χ0v) is 21.9. The van der Waals surface area contributed by atoms with Gasteiger partial charge in [-0.15, -0.1) is 0 Å². The van der Waals surface area contributed by atoms with Gasteiger partial charge in [-0.25, -0.2) is 17.9 Å². The first-order valence-electron chi connectivity index (χ1n) is 11.0. The molecule has 1 aromatic rings. The molecule has 0 unspecified atom stereocenters. The van der Waals surface area contributed by atoms with E-state index in [2.05, 4.69) is 5.32 Å². The Morgan fingerprint density at radius 3 is 1.89 bits per heavy atom. The van der Waals surface area contributed by atoms with Crippen molar-refractivity contribution in [1.82, 2.24) is 10.0 Å². The fraction of sp³-hybridized carbons (Fsp3) is 0.500. The van der Waals surface area contributed by atoms with Crippen LogP contribution in [0.3, 0.4) is 0 Å². The molecule has 0 aliphatic carbocycles. The lowest BCUT2D eigenvalue weighted by Crippen LogP contribution is -2.67. The summed E-state index contributed by atoms with van der Waals surface area (Å²) in [5.74, 6) is -2.96. The van der Waals surface area contributed by atoms with Crippen LogP contribution in [0.25, 0.3) is 0 Å². The van der Waals surface area contributed by atoms with Crippen LogP contribution >= 0.6 is 0 Å². The van der Waals surface area contributed by atoms with E-state index in [9.17, 15) is 32.4 Å². The average Bonchev–Trinajstić information content (AvgIpc) is 2.80. The molecule has 1 aliphatic rings. The normalized spacial score (nSPS) is 22.8. The molecule has 0 aromatic heterocycles. The third-order valence-corrected chi connectivity index (χ3v) is 6.22. The summed E-state index contributed by atoms with van der Waals surface area (Å²) in [5.41, 5.74) is 0. The molecule has 2 rings (SSSR count). The van der Waals surface area contributed by atoms with E-state index >= 15 is 0 Å². The molecule has 16 heteroatoms. The monoisotopic (exact) mass is 560 g/mol. The van der Waals surface area contributed by atoms with Crippen molar-refractivity contribution in [2.75, 3.05) is 13.7 Å². The number of urea groups is 1. The van der Waals surface area contributed by atoms with Crippen LogP contribution in [0.1, 0.15) is 27.7 Å². The summed E-state index contributed by atoms with van der Waals surface area (Å²) in [6.07, 6.45) is -6.02. The second kappa shape index (κ2) is 13.0. The van der Waals surface area contributed by atoms with Crippen LogP contribution in [-0.4, -0.2) is 82.7 Å². The number of nitrogens with one attached hydrogen (secondary N) is 2. The molecule has 1 heterocycles. The molecule has 0 bridgehead atoms. The van der Waals surface area contributed by atoms with Gasteiger partial charge in [0.1, 0.15) is 24.5 Å². The molecule has 0 spiro atoms. The molecule has 1 fully saturated rings. The van der Waals surface area contributed by atoms with E-state index in [1.54, 1.807) is 4.72 Å². The predicted molar refractivity (Wildman–Crippen MR) is 124 cm³/mol. The number of esters is 4. The van der Waals surface area contributed by atoms with Crippen molar-refractivity contribution in [1.29, 1.82) is 0 Å². The lowest BCUT2D eigenvalue weighted by molar-refractivity contribution is -0.270. The molecular weight excluding hydrogens is 532 g/mol. The van der Waals surface area contributed by atoms with E-state index in [1.165, 1.54) is 31.4 Å². The summed E-state index contributed by atoms with van der Waals surface area (Å²) in [7, 11) is -3.01. The van der Waals surface area contributed by atoms with Crippen molar-refractivity contribution < 1.29 is 60.8 Å². The molecule has 1 aromatic carbocycles. The molecular formula is C22H28N2O13S. The fourth-order valence-electron chi connectivity index (χ4n) is 3.44. The first kappa shape index (κ1) is 30.3. The zero-order valence-electron chi connectivity index (χ0n) is 21.1. The number of ether oxygens (including phenoxy) is 6. The topological polar surface area (TPSA) is 199 Å². The number of methoxy groups -OCH3 is 1. The molecule has 1 aliphatic heterocycles. The SMILES string of the molecule is COc1ccc(S(=O)(=O)NC(=O)N[C@H]2[C@H](OC(C)=O)O[C@H](COC(C)=O)[C@@H](OC(C)=O)[C@@H]2OC(C)=O)cc1. The summed E-state index contributed by atoms with van der Waals surface area (Å²) >= 11 is 0. The van der Waals surface area contributed by atoms with E-state index in [0.29, 0.717) is 5.75 Å². The number of amides is 2. The zero-order chi connectivity index (χ0) is 28.6. The number of hydrogen-bond donors (Lipinski definition) is 2. The summed E-state index contributed by atoms with van der Waals surface area (Å²) < 4.78 is 58.3. The highest BCUT2D eigenvalue weighted by atomic mass is 32.2. The summed E-state index contributed by atoms with van der Waals surface area (Å²) in [5, 5.41) is 2.23. The van der Waals surface area contributed by atoms with Gasteiger partial charge in [0.05, 0.1) is 12.0 Å². The van der Waals surface area contributed by atoms with Crippen LogP contribution < -0.4 is 14.8 Å². The smallest absolute Gasteiger partial charge is 0.329 e. The van der Waals surface area contributed by atoms with E-state index in [-0.39, 0.29) is 4.90 Å². The molecule has 38 heavy (non-hydrogen) atoms. The molecule has 5 atom stereocenters. The van der Waals surface area contributed by atoms with Crippen molar-refractivity contribution in [2.24, 2.45) is 0 Å². The van der Waals surface area contributed by atoms with Gasteiger partial charge in [-0.2, -0.15) is 0 Å². The Morgan fingerprint density at radius 2 is 1.39 bits per heavy atom. The largest absolute Gasteiger partial charge is 0.497 e. The highest BCUT2D eigenvalue weighted by Crippen LogP contribution is 2.28. The van der Waals surface area contributed by atoms with Crippen LogP contribution in [0.4, 0.5) is 4.79 Å². The number of sulfonamides is 1. The van der Waals surface area contributed by atoms with Gasteiger partial charge in [-0.05, 0) is 24.3 Å². The Hall–Kier alpha value is -3.92. The molecule has 0 radical (unpaired) electrons. The van der Waals surface area contributed by atoms with Gasteiger partial charge in [-0.3, -0.25) is 19.2 Å². The fourth-order valence-corrected chi connectivity index (χ4v) is 4.35. The van der Waals surface area contributed by atoms with Crippen molar-refractivity contribution >= 4 is 39.9 Å². The first-order chi connectivity index (χ1) is 17.7. The lowest BCUT2D eigenvalue weighted by Gasteiger charge is -2.44. The Balaban J connectivity index is 2.39. The third-order valence-electron chi connectivity index (χ3n) is 4.88. The number of hydrogen-bond acceptors (Lipinski definition) is 13. The Kier molecular flexibility index (Phi) is 10.4. The summed E-state index contributed by atoms with van der Waals surface area (Å²) in [6, 6.07) is 2.22. The van der Waals surface area contributed by atoms with Crippen molar-refractivity contribution in [3.8, 4) is 5.75 Å². The molecule has 15 nitrogen and oxygen atoms in total. The summed E-state index contributed by atoms with van der Waals surface area (Å²) in [4.78, 5) is 59.3. The van der Waals surface area contributed by atoms with Gasteiger partial charge in [-0.1, -0.05) is 0 Å². The van der Waals surface area contributed by atoms with E-state index < -0.39 is 77.2 Å². The predicted octanol–water partition coefficient (Wildman–Crippen LogP) is -0.234. The second-order valence-electron chi connectivity index (χ2n) is 7.88. The second-order valence-corrected chi connectivity index (χ2v) is 9.57. The van der Waals surface area contributed by atoms with E-state index in [4.69, 9.17) is 28.4 Å². The lowest BCUT2D eigenvalue weighted by atomic mass is 9.96. The minimum atomic E-state index is -4.39. The summed E-state index contributed by atoms with van der Waals surface area (Å²) in [6.45, 7) is 3.69. The van der Waals surface area contributed by atoms with Gasteiger partial charge in [0.25, 0.3) is 10.0 Å². The number of carbonyl (C=O) groups excluding carboxylic acids is 5. The maximum absolute atomic E-state index is 12.8. The number of rotatable bonds is 9. The molecule has 1 saturated heterocycles. The van der Waals surface area contributed by atoms with Gasteiger partial charge in [0.15, 0.2) is 12.2 Å². The molecule has 0 saturated carbocycles. The van der Waals surface area contributed by atoms with Gasteiger partial charge in [0, 0.05) is 27.7 Å². The van der Waals surface area contributed by atoms with Crippen LogP contribution in [0.2, 0.25) is 0 Å².